The molecule has 1 saturated carbocycles. The lowest BCUT2D eigenvalue weighted by Crippen LogP contribution is -2.30. The van der Waals surface area contributed by atoms with Crippen molar-refractivity contribution in [2.75, 3.05) is 12.4 Å². The Morgan fingerprint density at radius 3 is 2.53 bits per heavy atom. The fourth-order valence-corrected chi connectivity index (χ4v) is 2.79. The number of carbonyl (C=O) groups is 1. The smallest absolute Gasteiger partial charge is 0.224 e. The molecule has 1 aliphatic rings. The molecule has 0 spiro atoms. The van der Waals surface area contributed by atoms with Crippen LogP contribution in [0.15, 0.2) is 24.3 Å². The van der Waals surface area contributed by atoms with E-state index < -0.39 is 0 Å². The Bertz CT molecular complexity index is 437. The quantitative estimate of drug-likeness (QED) is 0.874. The standard InChI is InChI=1S/C16H24N2O/c1-16(2)10-4-5-14(16)18-13-8-6-12(7-9-13)11-15(19)17-3/h6-9,14,18H,4-5,10-11H2,1-3H3,(H,17,19). The van der Waals surface area contributed by atoms with Gasteiger partial charge in [-0.2, -0.15) is 0 Å². The lowest BCUT2D eigenvalue weighted by Gasteiger charge is -2.28. The van der Waals surface area contributed by atoms with Gasteiger partial charge in [-0.25, -0.2) is 0 Å². The van der Waals surface area contributed by atoms with Gasteiger partial charge in [-0.3, -0.25) is 4.79 Å². The average molecular weight is 260 g/mol. The van der Waals surface area contributed by atoms with Crippen LogP contribution in [0.5, 0.6) is 0 Å². The lowest BCUT2D eigenvalue weighted by molar-refractivity contribution is -0.119. The summed E-state index contributed by atoms with van der Waals surface area (Å²) in [4.78, 5) is 11.3. The van der Waals surface area contributed by atoms with Crippen LogP contribution in [0.3, 0.4) is 0 Å². The van der Waals surface area contributed by atoms with Gasteiger partial charge in [0.25, 0.3) is 0 Å². The summed E-state index contributed by atoms with van der Waals surface area (Å²) in [6, 6.07) is 8.76. The Hall–Kier alpha value is -1.51. The van der Waals surface area contributed by atoms with Crippen molar-refractivity contribution in [1.29, 1.82) is 0 Å². The molecule has 2 rings (SSSR count). The minimum atomic E-state index is 0.0534. The van der Waals surface area contributed by atoms with Gasteiger partial charge in [0.05, 0.1) is 6.42 Å². The molecule has 2 N–H and O–H groups in total. The number of amides is 1. The van der Waals surface area contributed by atoms with Crippen LogP contribution in [0, 0.1) is 5.41 Å². The van der Waals surface area contributed by atoms with Gasteiger partial charge in [0, 0.05) is 18.8 Å². The van der Waals surface area contributed by atoms with Gasteiger partial charge in [0.2, 0.25) is 5.91 Å². The molecule has 19 heavy (non-hydrogen) atoms. The second-order valence-corrected chi connectivity index (χ2v) is 6.12. The van der Waals surface area contributed by atoms with E-state index in [1.54, 1.807) is 7.05 Å². The maximum absolute atomic E-state index is 11.3. The van der Waals surface area contributed by atoms with Crippen molar-refractivity contribution in [3.63, 3.8) is 0 Å². The van der Waals surface area contributed by atoms with Crippen molar-refractivity contribution >= 4 is 11.6 Å². The molecular weight excluding hydrogens is 236 g/mol. The predicted octanol–water partition coefficient (Wildman–Crippen LogP) is 2.97. The highest BCUT2D eigenvalue weighted by atomic mass is 16.1. The van der Waals surface area contributed by atoms with Crippen molar-refractivity contribution in [2.45, 2.75) is 45.6 Å². The van der Waals surface area contributed by atoms with E-state index in [0.717, 1.165) is 11.3 Å². The number of hydrogen-bond acceptors (Lipinski definition) is 2. The first-order valence-corrected chi connectivity index (χ1v) is 7.07. The van der Waals surface area contributed by atoms with E-state index in [1.165, 1.54) is 19.3 Å². The Labute approximate surface area is 115 Å². The first kappa shape index (κ1) is 13.9. The highest BCUT2D eigenvalue weighted by molar-refractivity contribution is 5.78. The number of rotatable bonds is 4. The third kappa shape index (κ3) is 3.49. The van der Waals surface area contributed by atoms with Crippen molar-refractivity contribution in [1.82, 2.24) is 5.32 Å². The summed E-state index contributed by atoms with van der Waals surface area (Å²) in [7, 11) is 1.67. The first-order chi connectivity index (χ1) is 9.01. The SMILES string of the molecule is CNC(=O)Cc1ccc(NC2CCCC2(C)C)cc1. The molecule has 0 radical (unpaired) electrons. The van der Waals surface area contributed by atoms with E-state index in [1.807, 2.05) is 12.1 Å². The van der Waals surface area contributed by atoms with Gasteiger partial charge >= 0.3 is 0 Å². The maximum Gasteiger partial charge on any atom is 0.224 e. The number of likely N-dealkylation sites (N-methyl/N-ethyl adjacent to an activating group) is 1. The van der Waals surface area contributed by atoms with Gasteiger partial charge in [0.1, 0.15) is 0 Å². The third-order valence-electron chi connectivity index (χ3n) is 4.20. The van der Waals surface area contributed by atoms with E-state index in [2.05, 4.69) is 36.6 Å². The zero-order valence-electron chi connectivity index (χ0n) is 12.1. The molecule has 0 heterocycles. The largest absolute Gasteiger partial charge is 0.382 e. The van der Waals surface area contributed by atoms with Crippen LogP contribution in [-0.4, -0.2) is 19.0 Å². The van der Waals surface area contributed by atoms with Crippen LogP contribution < -0.4 is 10.6 Å². The van der Waals surface area contributed by atoms with Crippen molar-refractivity contribution in [3.05, 3.63) is 29.8 Å². The van der Waals surface area contributed by atoms with E-state index in [-0.39, 0.29) is 5.91 Å². The van der Waals surface area contributed by atoms with Gasteiger partial charge in [0.15, 0.2) is 0 Å². The van der Waals surface area contributed by atoms with Crippen molar-refractivity contribution < 1.29 is 4.79 Å². The number of anilines is 1. The molecule has 0 aliphatic heterocycles. The fraction of sp³-hybridized carbons (Fsp3) is 0.562. The summed E-state index contributed by atoms with van der Waals surface area (Å²) in [6.45, 7) is 4.66. The number of nitrogens with one attached hydrogen (secondary N) is 2. The normalized spacial score (nSPS) is 21.1. The molecular formula is C16H24N2O. The molecule has 3 nitrogen and oxygen atoms in total. The first-order valence-electron chi connectivity index (χ1n) is 7.07. The predicted molar refractivity (Wildman–Crippen MR) is 79.3 cm³/mol. The van der Waals surface area contributed by atoms with E-state index in [0.29, 0.717) is 17.9 Å². The van der Waals surface area contributed by atoms with Crippen molar-refractivity contribution in [3.8, 4) is 0 Å². The van der Waals surface area contributed by atoms with Crippen LogP contribution in [0.4, 0.5) is 5.69 Å². The Balaban J connectivity index is 1.97. The maximum atomic E-state index is 11.3. The van der Waals surface area contributed by atoms with Crippen LogP contribution in [0.25, 0.3) is 0 Å². The molecule has 1 aromatic carbocycles. The molecule has 1 aromatic rings. The second-order valence-electron chi connectivity index (χ2n) is 6.12. The zero-order valence-corrected chi connectivity index (χ0v) is 12.1. The number of benzene rings is 1. The summed E-state index contributed by atoms with van der Waals surface area (Å²) >= 11 is 0. The molecule has 1 unspecified atom stereocenters. The molecule has 3 heteroatoms. The minimum Gasteiger partial charge on any atom is -0.382 e. The third-order valence-corrected chi connectivity index (χ3v) is 4.20. The molecule has 0 aromatic heterocycles. The van der Waals surface area contributed by atoms with E-state index in [4.69, 9.17) is 0 Å². The zero-order chi connectivity index (χ0) is 13.9. The summed E-state index contributed by atoms with van der Waals surface area (Å²) in [6.07, 6.45) is 4.29. The van der Waals surface area contributed by atoms with Crippen molar-refractivity contribution in [2.24, 2.45) is 5.41 Å². The summed E-state index contributed by atoms with van der Waals surface area (Å²) < 4.78 is 0. The molecule has 1 amide bonds. The molecule has 1 aliphatic carbocycles. The van der Waals surface area contributed by atoms with Crippen LogP contribution in [-0.2, 0) is 11.2 Å². The van der Waals surface area contributed by atoms with Gasteiger partial charge in [-0.1, -0.05) is 32.4 Å². The second kappa shape index (κ2) is 5.64. The highest BCUT2D eigenvalue weighted by Gasteiger charge is 2.34. The van der Waals surface area contributed by atoms with Crippen LogP contribution in [0.2, 0.25) is 0 Å². The fourth-order valence-electron chi connectivity index (χ4n) is 2.79. The molecule has 0 bridgehead atoms. The van der Waals surface area contributed by atoms with Crippen LogP contribution >= 0.6 is 0 Å². The lowest BCUT2D eigenvalue weighted by atomic mass is 9.87. The van der Waals surface area contributed by atoms with Crippen LogP contribution in [0.1, 0.15) is 38.7 Å². The summed E-state index contributed by atoms with van der Waals surface area (Å²) in [5.74, 6) is 0.0534. The molecule has 0 saturated heterocycles. The monoisotopic (exact) mass is 260 g/mol. The Kier molecular flexibility index (Phi) is 4.13. The Morgan fingerprint density at radius 1 is 1.32 bits per heavy atom. The van der Waals surface area contributed by atoms with E-state index in [9.17, 15) is 4.79 Å². The van der Waals surface area contributed by atoms with Gasteiger partial charge < -0.3 is 10.6 Å². The number of carbonyl (C=O) groups excluding carboxylic acids is 1. The average Bonchev–Trinajstić information content (AvgIpc) is 2.71. The van der Waals surface area contributed by atoms with Gasteiger partial charge in [-0.15, -0.1) is 0 Å². The summed E-state index contributed by atoms with van der Waals surface area (Å²) in [5, 5.41) is 6.27. The Morgan fingerprint density at radius 2 is 2.00 bits per heavy atom. The minimum absolute atomic E-state index is 0.0534. The summed E-state index contributed by atoms with van der Waals surface area (Å²) in [5.41, 5.74) is 2.58. The number of hydrogen-bond donors (Lipinski definition) is 2. The topological polar surface area (TPSA) is 41.1 Å². The highest BCUT2D eigenvalue weighted by Crippen LogP contribution is 2.38. The molecule has 1 atom stereocenters. The molecule has 1 fully saturated rings. The van der Waals surface area contributed by atoms with E-state index >= 15 is 0 Å². The van der Waals surface area contributed by atoms with Gasteiger partial charge in [-0.05, 0) is 36.0 Å². The molecule has 104 valence electrons.